The van der Waals surface area contributed by atoms with Crippen LogP contribution in [-0.2, 0) is 17.6 Å². The van der Waals surface area contributed by atoms with Gasteiger partial charge in [-0.25, -0.2) is 4.79 Å². The van der Waals surface area contributed by atoms with Gasteiger partial charge in [0.2, 0.25) is 0 Å². The molecule has 5 heteroatoms. The van der Waals surface area contributed by atoms with Gasteiger partial charge in [0, 0.05) is 18.2 Å². The van der Waals surface area contributed by atoms with E-state index in [1.807, 2.05) is 68.4 Å². The number of nitrogens with one attached hydrogen (secondary N) is 1. The van der Waals surface area contributed by atoms with Gasteiger partial charge in [-0.3, -0.25) is 4.79 Å². The van der Waals surface area contributed by atoms with Gasteiger partial charge in [-0.1, -0.05) is 68.4 Å². The first-order valence-corrected chi connectivity index (χ1v) is 11.4. The number of carbonyl (C=O) groups excluding carboxylic acids is 1. The monoisotopic (exact) mass is 431 g/mol. The molecule has 0 aromatic heterocycles. The van der Waals surface area contributed by atoms with Crippen molar-refractivity contribution in [3.63, 3.8) is 0 Å². The summed E-state index contributed by atoms with van der Waals surface area (Å²) in [6.07, 6.45) is 3.72. The maximum Gasteiger partial charge on any atom is 0.330 e. The number of rotatable bonds is 5. The van der Waals surface area contributed by atoms with Crippen LogP contribution in [-0.4, -0.2) is 28.6 Å². The van der Waals surface area contributed by atoms with Crippen molar-refractivity contribution in [1.82, 2.24) is 5.32 Å². The third kappa shape index (κ3) is 3.95. The van der Waals surface area contributed by atoms with Crippen molar-refractivity contribution < 1.29 is 19.4 Å². The van der Waals surface area contributed by atoms with E-state index in [4.69, 9.17) is 4.74 Å². The molecule has 2 aliphatic rings. The van der Waals surface area contributed by atoms with E-state index in [9.17, 15) is 14.7 Å². The van der Waals surface area contributed by atoms with E-state index < -0.39 is 17.4 Å². The third-order valence-electron chi connectivity index (χ3n) is 6.33. The highest BCUT2D eigenvalue weighted by Gasteiger charge is 2.45. The quantitative estimate of drug-likeness (QED) is 0.586. The van der Waals surface area contributed by atoms with Crippen LogP contribution in [0, 0.1) is 0 Å². The van der Waals surface area contributed by atoms with Gasteiger partial charge < -0.3 is 15.2 Å². The fraction of sp³-hybridized carbons (Fsp3) is 0.333. The van der Waals surface area contributed by atoms with Crippen molar-refractivity contribution in [3.05, 3.63) is 77.4 Å². The summed E-state index contributed by atoms with van der Waals surface area (Å²) in [7, 11) is 0. The summed E-state index contributed by atoms with van der Waals surface area (Å²) < 4.78 is 6.23. The van der Waals surface area contributed by atoms with Gasteiger partial charge in [0.25, 0.3) is 5.91 Å². The Morgan fingerprint density at radius 3 is 2.16 bits per heavy atom. The van der Waals surface area contributed by atoms with E-state index in [0.29, 0.717) is 11.3 Å². The second-order valence-corrected chi connectivity index (χ2v) is 8.30. The number of ether oxygens (including phenoxy) is 1. The Kier molecular flexibility index (Phi) is 6.17. The first-order valence-electron chi connectivity index (χ1n) is 11.4. The fourth-order valence-electron chi connectivity index (χ4n) is 4.40. The molecular formula is C27H29NO4. The molecule has 0 bridgehead atoms. The summed E-state index contributed by atoms with van der Waals surface area (Å²) in [6.45, 7) is 4.00. The largest absolute Gasteiger partial charge is 0.489 e. The second kappa shape index (κ2) is 9.03. The van der Waals surface area contributed by atoms with Crippen LogP contribution in [0.25, 0.3) is 10.8 Å². The Morgan fingerprint density at radius 2 is 1.56 bits per heavy atom. The van der Waals surface area contributed by atoms with Crippen LogP contribution in [0.3, 0.4) is 0 Å². The van der Waals surface area contributed by atoms with Crippen LogP contribution in [0.2, 0.25) is 0 Å². The molecular weight excluding hydrogens is 402 g/mol. The van der Waals surface area contributed by atoms with E-state index in [-0.39, 0.29) is 18.9 Å². The lowest BCUT2D eigenvalue weighted by molar-refractivity contribution is -0.144. The molecule has 0 spiro atoms. The molecule has 166 valence electrons. The van der Waals surface area contributed by atoms with Crippen molar-refractivity contribution in [2.75, 3.05) is 0 Å². The lowest BCUT2D eigenvalue weighted by atomic mass is 9.94. The molecule has 5 rings (SSSR count). The summed E-state index contributed by atoms with van der Waals surface area (Å²) >= 11 is 0. The molecule has 2 N–H and O–H groups in total. The standard InChI is InChI=1S/C25H23NO4.C2H6/c27-23(26-25(24(28)29)14-17-7-1-2-8-18(17)15-25)21-13-12-16-6-3-4-11-20(16)22(21)30-19-9-5-10-19;1-2/h1-4,6-8,11-13,19H,5,9-10,14-15H2,(H,26,27)(H,28,29);1-2H3. The number of hydrogen-bond acceptors (Lipinski definition) is 3. The summed E-state index contributed by atoms with van der Waals surface area (Å²) in [5, 5.41) is 14.7. The van der Waals surface area contributed by atoms with E-state index in [1.54, 1.807) is 6.07 Å². The lowest BCUT2D eigenvalue weighted by Crippen LogP contribution is -2.55. The molecule has 0 saturated heterocycles. The van der Waals surface area contributed by atoms with Crippen LogP contribution in [0.15, 0.2) is 60.7 Å². The van der Waals surface area contributed by atoms with E-state index >= 15 is 0 Å². The zero-order chi connectivity index (χ0) is 22.7. The molecule has 1 fully saturated rings. The Hall–Kier alpha value is -3.34. The maximum absolute atomic E-state index is 13.4. The van der Waals surface area contributed by atoms with Crippen molar-refractivity contribution >= 4 is 22.6 Å². The Morgan fingerprint density at radius 1 is 0.938 bits per heavy atom. The number of fused-ring (bicyclic) bond motifs is 2. The summed E-state index contributed by atoms with van der Waals surface area (Å²) in [5.41, 5.74) is 0.964. The molecule has 0 atom stereocenters. The van der Waals surface area contributed by atoms with Gasteiger partial charge >= 0.3 is 5.97 Å². The minimum Gasteiger partial charge on any atom is -0.489 e. The molecule has 0 unspecified atom stereocenters. The number of benzene rings is 3. The zero-order valence-corrected chi connectivity index (χ0v) is 18.6. The average Bonchev–Trinajstić information content (AvgIpc) is 3.17. The summed E-state index contributed by atoms with van der Waals surface area (Å²) in [5.74, 6) is -0.883. The van der Waals surface area contributed by atoms with Crippen molar-refractivity contribution in [1.29, 1.82) is 0 Å². The van der Waals surface area contributed by atoms with Gasteiger partial charge in [-0.15, -0.1) is 0 Å². The molecule has 5 nitrogen and oxygen atoms in total. The first kappa shape index (κ1) is 21.9. The highest BCUT2D eigenvalue weighted by Crippen LogP contribution is 2.36. The Balaban J connectivity index is 0.00000119. The second-order valence-electron chi connectivity index (χ2n) is 8.30. The highest BCUT2D eigenvalue weighted by molar-refractivity contribution is 6.05. The maximum atomic E-state index is 13.4. The number of aliphatic carboxylic acids is 1. The number of amides is 1. The van der Waals surface area contributed by atoms with Gasteiger partial charge in [0.1, 0.15) is 11.3 Å². The van der Waals surface area contributed by atoms with Crippen LogP contribution in [0.1, 0.15) is 54.6 Å². The predicted octanol–water partition coefficient (Wildman–Crippen LogP) is 5.15. The molecule has 1 saturated carbocycles. The Labute approximate surface area is 188 Å². The normalized spacial score (nSPS) is 16.3. The van der Waals surface area contributed by atoms with Crippen molar-refractivity contribution in [2.45, 2.75) is 57.6 Å². The summed E-state index contributed by atoms with van der Waals surface area (Å²) in [6, 6.07) is 19.1. The van der Waals surface area contributed by atoms with Gasteiger partial charge in [0.15, 0.2) is 0 Å². The van der Waals surface area contributed by atoms with Crippen molar-refractivity contribution in [3.8, 4) is 5.75 Å². The molecule has 0 heterocycles. The molecule has 3 aromatic carbocycles. The minimum absolute atomic E-state index is 0.103. The summed E-state index contributed by atoms with van der Waals surface area (Å²) in [4.78, 5) is 25.6. The van der Waals surface area contributed by atoms with Crippen LogP contribution in [0.4, 0.5) is 0 Å². The highest BCUT2D eigenvalue weighted by atomic mass is 16.5. The topological polar surface area (TPSA) is 75.6 Å². The number of carbonyl (C=O) groups is 2. The smallest absolute Gasteiger partial charge is 0.330 e. The van der Waals surface area contributed by atoms with Crippen LogP contribution >= 0.6 is 0 Å². The predicted molar refractivity (Wildman–Crippen MR) is 125 cm³/mol. The number of carboxylic acids is 1. The average molecular weight is 432 g/mol. The van der Waals surface area contributed by atoms with Crippen molar-refractivity contribution in [2.24, 2.45) is 0 Å². The van der Waals surface area contributed by atoms with Crippen LogP contribution < -0.4 is 10.1 Å². The molecule has 1 amide bonds. The molecule has 0 radical (unpaired) electrons. The first-order chi connectivity index (χ1) is 15.6. The zero-order valence-electron chi connectivity index (χ0n) is 18.6. The minimum atomic E-state index is -1.35. The van der Waals surface area contributed by atoms with E-state index in [0.717, 1.165) is 41.2 Å². The van der Waals surface area contributed by atoms with Gasteiger partial charge in [0.05, 0.1) is 11.7 Å². The lowest BCUT2D eigenvalue weighted by Gasteiger charge is -2.29. The fourth-order valence-corrected chi connectivity index (χ4v) is 4.40. The van der Waals surface area contributed by atoms with Gasteiger partial charge in [-0.2, -0.15) is 0 Å². The number of carboxylic acid groups (broad SMARTS) is 1. The molecule has 2 aliphatic carbocycles. The number of hydrogen-bond donors (Lipinski definition) is 2. The molecule has 32 heavy (non-hydrogen) atoms. The Bertz CT molecular complexity index is 1120. The molecule has 0 aliphatic heterocycles. The van der Waals surface area contributed by atoms with Gasteiger partial charge in [-0.05, 0) is 41.8 Å². The third-order valence-corrected chi connectivity index (χ3v) is 6.33. The molecule has 3 aromatic rings. The van der Waals surface area contributed by atoms with E-state index in [2.05, 4.69) is 5.32 Å². The van der Waals surface area contributed by atoms with E-state index in [1.165, 1.54) is 0 Å². The van der Waals surface area contributed by atoms with Crippen LogP contribution in [0.5, 0.6) is 5.75 Å². The SMILES string of the molecule is CC.O=C(NC1(C(=O)O)Cc2ccccc2C1)c1ccc2ccccc2c1OC1CCC1.